The van der Waals surface area contributed by atoms with Gasteiger partial charge in [-0.15, -0.1) is 0 Å². The van der Waals surface area contributed by atoms with Crippen LogP contribution in [0.5, 0.6) is 0 Å². The van der Waals surface area contributed by atoms with Crippen molar-refractivity contribution in [3.05, 3.63) is 35.5 Å². The van der Waals surface area contributed by atoms with Crippen LogP contribution in [0.3, 0.4) is 0 Å². The zero-order chi connectivity index (χ0) is 20.6. The maximum atomic E-state index is 11.4. The topological polar surface area (TPSA) is 50.3 Å². The van der Waals surface area contributed by atoms with Gasteiger partial charge in [0.25, 0.3) is 0 Å². The van der Waals surface area contributed by atoms with Crippen molar-refractivity contribution in [1.82, 2.24) is 9.91 Å². The van der Waals surface area contributed by atoms with E-state index < -0.39 is 6.09 Å². The van der Waals surface area contributed by atoms with Crippen LogP contribution in [-0.4, -0.2) is 59.4 Å². The predicted molar refractivity (Wildman–Crippen MR) is 117 cm³/mol. The molecule has 0 saturated carbocycles. The molecule has 1 amide bonds. The van der Waals surface area contributed by atoms with Crippen LogP contribution in [0, 0.1) is 0 Å². The highest BCUT2D eigenvalue weighted by Crippen LogP contribution is 2.39. The molecule has 0 atom stereocenters. The molecule has 29 heavy (non-hydrogen) atoms. The van der Waals surface area contributed by atoms with E-state index in [1.165, 1.54) is 41.9 Å². The van der Waals surface area contributed by atoms with Gasteiger partial charge in [-0.3, -0.25) is 10.0 Å². The molecule has 0 aliphatic carbocycles. The van der Waals surface area contributed by atoms with Crippen LogP contribution in [0.15, 0.2) is 35.5 Å². The van der Waals surface area contributed by atoms with Crippen molar-refractivity contribution in [1.29, 1.82) is 0 Å². The highest BCUT2D eigenvalue weighted by Gasteiger charge is 2.38. The largest absolute Gasteiger partial charge is 0.465 e. The van der Waals surface area contributed by atoms with E-state index in [4.69, 9.17) is 0 Å². The average molecular weight is 399 g/mol. The zero-order valence-corrected chi connectivity index (χ0v) is 18.0. The molecule has 4 rings (SSSR count). The van der Waals surface area contributed by atoms with Gasteiger partial charge >= 0.3 is 6.09 Å². The molecule has 1 fully saturated rings. The third-order valence-corrected chi connectivity index (χ3v) is 6.32. The Bertz CT molecular complexity index is 775. The first-order chi connectivity index (χ1) is 13.8. The standard InChI is InChI=1S/C23H34N4O2/c1-23(2,3)27-21-12-16-25(22(28)29)15-11-18(21)17-26(27)20-9-7-19(8-10-20)24-13-5-4-6-14-24/h7-10H,4-6,11-17H2,1-3H3,(H,28,29). The van der Waals surface area contributed by atoms with E-state index in [0.717, 1.165) is 32.5 Å². The Kier molecular flexibility index (Phi) is 5.36. The lowest BCUT2D eigenvalue weighted by Crippen LogP contribution is -2.50. The second-order valence-corrected chi connectivity index (χ2v) is 9.42. The Morgan fingerprint density at radius 1 is 0.897 bits per heavy atom. The fourth-order valence-electron chi connectivity index (χ4n) is 4.92. The molecule has 1 aromatic rings. The number of benzene rings is 1. The highest BCUT2D eigenvalue weighted by atomic mass is 16.4. The second kappa shape index (κ2) is 7.81. The minimum atomic E-state index is -0.807. The Labute approximate surface area is 174 Å². The van der Waals surface area contributed by atoms with Gasteiger partial charge < -0.3 is 14.9 Å². The van der Waals surface area contributed by atoms with Crippen molar-refractivity contribution in [3.63, 3.8) is 0 Å². The smallest absolute Gasteiger partial charge is 0.407 e. The number of hydrogen-bond donors (Lipinski definition) is 1. The summed E-state index contributed by atoms with van der Waals surface area (Å²) in [5.74, 6) is 0. The molecule has 3 aliphatic rings. The third kappa shape index (κ3) is 4.02. The molecule has 6 nitrogen and oxygen atoms in total. The third-order valence-electron chi connectivity index (χ3n) is 6.32. The summed E-state index contributed by atoms with van der Waals surface area (Å²) in [6.07, 6.45) is 4.71. The van der Waals surface area contributed by atoms with Crippen molar-refractivity contribution < 1.29 is 9.90 Å². The molecule has 0 aromatic heterocycles. The first kappa shape index (κ1) is 19.9. The van der Waals surface area contributed by atoms with Gasteiger partial charge in [-0.25, -0.2) is 4.79 Å². The molecule has 0 bridgehead atoms. The number of carboxylic acid groups (broad SMARTS) is 1. The Balaban J connectivity index is 1.56. The summed E-state index contributed by atoms with van der Waals surface area (Å²) in [4.78, 5) is 15.5. The average Bonchev–Trinajstić information content (AvgIpc) is 2.95. The molecular weight excluding hydrogens is 364 g/mol. The number of carbonyl (C=O) groups is 1. The van der Waals surface area contributed by atoms with E-state index >= 15 is 0 Å². The Hall–Kier alpha value is -2.37. The van der Waals surface area contributed by atoms with Crippen molar-refractivity contribution in [3.8, 4) is 0 Å². The van der Waals surface area contributed by atoms with E-state index in [1.807, 2.05) is 0 Å². The number of hydrogen-bond acceptors (Lipinski definition) is 4. The molecule has 1 saturated heterocycles. The van der Waals surface area contributed by atoms with E-state index in [2.05, 4.69) is 60.0 Å². The first-order valence-corrected chi connectivity index (χ1v) is 11.0. The number of nitrogens with zero attached hydrogens (tertiary/aromatic N) is 4. The van der Waals surface area contributed by atoms with Gasteiger partial charge in [0.15, 0.2) is 0 Å². The highest BCUT2D eigenvalue weighted by molar-refractivity contribution is 5.65. The van der Waals surface area contributed by atoms with Gasteiger partial charge in [0, 0.05) is 44.0 Å². The lowest BCUT2D eigenvalue weighted by Gasteiger charge is -2.44. The fourth-order valence-corrected chi connectivity index (χ4v) is 4.92. The summed E-state index contributed by atoms with van der Waals surface area (Å²) in [5, 5.41) is 14.2. The lowest BCUT2D eigenvalue weighted by atomic mass is 10.1. The second-order valence-electron chi connectivity index (χ2n) is 9.42. The first-order valence-electron chi connectivity index (χ1n) is 11.0. The van der Waals surface area contributed by atoms with Gasteiger partial charge in [0.1, 0.15) is 0 Å². The normalized spacial score (nSPS) is 20.8. The van der Waals surface area contributed by atoms with E-state index in [9.17, 15) is 9.90 Å². The van der Waals surface area contributed by atoms with Gasteiger partial charge in [0.05, 0.1) is 17.8 Å². The molecule has 6 heteroatoms. The van der Waals surface area contributed by atoms with Crippen molar-refractivity contribution in [2.24, 2.45) is 0 Å². The zero-order valence-electron chi connectivity index (χ0n) is 18.0. The van der Waals surface area contributed by atoms with E-state index in [0.29, 0.717) is 13.1 Å². The molecule has 3 aliphatic heterocycles. The fraction of sp³-hybridized carbons (Fsp3) is 0.609. The number of hydrazine groups is 1. The minimum Gasteiger partial charge on any atom is -0.465 e. The van der Waals surface area contributed by atoms with Gasteiger partial charge in [-0.2, -0.15) is 0 Å². The molecule has 0 unspecified atom stereocenters. The predicted octanol–water partition coefficient (Wildman–Crippen LogP) is 4.54. The summed E-state index contributed by atoms with van der Waals surface area (Å²) in [6, 6.07) is 9.02. The summed E-state index contributed by atoms with van der Waals surface area (Å²) in [5.41, 5.74) is 5.15. The molecule has 0 radical (unpaired) electrons. The van der Waals surface area contributed by atoms with Crippen molar-refractivity contribution >= 4 is 17.5 Å². The molecule has 3 heterocycles. The number of rotatable bonds is 2. The maximum absolute atomic E-state index is 11.4. The van der Waals surface area contributed by atoms with Crippen LogP contribution < -0.4 is 9.91 Å². The minimum absolute atomic E-state index is 0.0684. The van der Waals surface area contributed by atoms with Gasteiger partial charge in [-0.1, -0.05) is 0 Å². The molecule has 0 spiro atoms. The molecule has 158 valence electrons. The lowest BCUT2D eigenvalue weighted by molar-refractivity contribution is 0.142. The summed E-state index contributed by atoms with van der Waals surface area (Å²) < 4.78 is 0. The number of anilines is 2. The molecular formula is C23H34N4O2. The molecule has 1 aromatic carbocycles. The van der Waals surface area contributed by atoms with Gasteiger partial charge in [0.2, 0.25) is 0 Å². The van der Waals surface area contributed by atoms with Crippen LogP contribution in [0.1, 0.15) is 52.9 Å². The maximum Gasteiger partial charge on any atom is 0.407 e. The monoisotopic (exact) mass is 398 g/mol. The van der Waals surface area contributed by atoms with Crippen LogP contribution in [-0.2, 0) is 0 Å². The summed E-state index contributed by atoms with van der Waals surface area (Å²) in [6.45, 7) is 11.0. The number of amides is 1. The van der Waals surface area contributed by atoms with Crippen LogP contribution in [0.4, 0.5) is 16.2 Å². The van der Waals surface area contributed by atoms with Gasteiger partial charge in [-0.05, 0) is 76.3 Å². The van der Waals surface area contributed by atoms with Crippen LogP contribution in [0.2, 0.25) is 0 Å². The van der Waals surface area contributed by atoms with Crippen LogP contribution >= 0.6 is 0 Å². The summed E-state index contributed by atoms with van der Waals surface area (Å²) >= 11 is 0. The Morgan fingerprint density at radius 2 is 1.52 bits per heavy atom. The number of piperidine rings is 1. The summed E-state index contributed by atoms with van der Waals surface area (Å²) in [7, 11) is 0. The quantitative estimate of drug-likeness (QED) is 0.793. The van der Waals surface area contributed by atoms with E-state index in [-0.39, 0.29) is 5.54 Å². The van der Waals surface area contributed by atoms with Crippen LogP contribution in [0.25, 0.3) is 0 Å². The molecule has 1 N–H and O–H groups in total. The van der Waals surface area contributed by atoms with Crippen molar-refractivity contribution in [2.75, 3.05) is 42.6 Å². The Morgan fingerprint density at radius 3 is 2.14 bits per heavy atom. The van der Waals surface area contributed by atoms with E-state index in [1.54, 1.807) is 4.90 Å². The SMILES string of the molecule is CC(C)(C)N1C2=C(CCN(C(=O)O)CC2)CN1c1ccc(N2CCCCC2)cc1. The van der Waals surface area contributed by atoms with Crippen molar-refractivity contribution in [2.45, 2.75) is 58.4 Å².